The first kappa shape index (κ1) is 14.7. The molecule has 110 valence electrons. The summed E-state index contributed by atoms with van der Waals surface area (Å²) in [5, 5.41) is 0. The third kappa shape index (κ3) is 3.89. The maximum absolute atomic E-state index is 5.98. The first-order valence-electron chi connectivity index (χ1n) is 7.28. The van der Waals surface area contributed by atoms with Crippen LogP contribution in [0.3, 0.4) is 0 Å². The monoisotopic (exact) mass is 275 g/mol. The molecule has 4 heteroatoms. The van der Waals surface area contributed by atoms with Crippen molar-refractivity contribution in [3.63, 3.8) is 0 Å². The summed E-state index contributed by atoms with van der Waals surface area (Å²) >= 11 is 0. The van der Waals surface area contributed by atoms with Gasteiger partial charge in [0, 0.05) is 19.6 Å². The summed E-state index contributed by atoms with van der Waals surface area (Å²) in [6.07, 6.45) is 3.50. The molecule has 0 heterocycles. The number of ether oxygens (including phenoxy) is 1. The molecule has 1 aliphatic rings. The van der Waals surface area contributed by atoms with Crippen LogP contribution in [0.5, 0.6) is 5.75 Å². The van der Waals surface area contributed by atoms with Gasteiger partial charge >= 0.3 is 0 Å². The molecule has 1 aliphatic carbocycles. The summed E-state index contributed by atoms with van der Waals surface area (Å²) in [5.74, 6) is 2.05. The van der Waals surface area contributed by atoms with E-state index in [0.717, 1.165) is 18.7 Å². The number of hydrogen-bond donors (Lipinski definition) is 1. The van der Waals surface area contributed by atoms with E-state index in [2.05, 4.69) is 28.9 Å². The second kappa shape index (κ2) is 6.64. The lowest BCUT2D eigenvalue weighted by Crippen LogP contribution is -2.35. The number of benzene rings is 1. The van der Waals surface area contributed by atoms with Gasteiger partial charge in [-0.05, 0) is 42.9 Å². The van der Waals surface area contributed by atoms with Crippen molar-refractivity contribution >= 4 is 5.96 Å². The van der Waals surface area contributed by atoms with E-state index < -0.39 is 0 Å². The maximum Gasteiger partial charge on any atom is 0.191 e. The smallest absolute Gasteiger partial charge is 0.191 e. The summed E-state index contributed by atoms with van der Waals surface area (Å²) in [6.45, 7) is 2.99. The molecule has 1 aromatic carbocycles. The molecule has 1 atom stereocenters. The van der Waals surface area contributed by atoms with Gasteiger partial charge in [0.05, 0.1) is 7.11 Å². The van der Waals surface area contributed by atoms with E-state index in [1.54, 1.807) is 7.11 Å². The lowest BCUT2D eigenvalue weighted by molar-refractivity contribution is 0.414. The number of aliphatic imine (C=N–C) groups is 1. The molecule has 0 bridgehead atoms. The SMILES string of the molecule is COc1ccc(C(C)CCN=C(N)N(C)C2CC2)cc1. The van der Waals surface area contributed by atoms with Gasteiger partial charge in [0.15, 0.2) is 5.96 Å². The van der Waals surface area contributed by atoms with Crippen molar-refractivity contribution in [2.45, 2.75) is 38.1 Å². The van der Waals surface area contributed by atoms with Crippen molar-refractivity contribution in [1.29, 1.82) is 0 Å². The molecule has 4 nitrogen and oxygen atoms in total. The standard InChI is InChI=1S/C16H25N3O/c1-12(13-4-8-15(20-3)9-5-13)10-11-18-16(17)19(2)14-6-7-14/h4-5,8-9,12,14H,6-7,10-11H2,1-3H3,(H2,17,18). The Hall–Kier alpha value is -1.71. The fourth-order valence-corrected chi connectivity index (χ4v) is 2.23. The summed E-state index contributed by atoms with van der Waals surface area (Å²) < 4.78 is 5.17. The van der Waals surface area contributed by atoms with Crippen molar-refractivity contribution < 1.29 is 4.74 Å². The van der Waals surface area contributed by atoms with Crippen LogP contribution in [0.15, 0.2) is 29.3 Å². The van der Waals surface area contributed by atoms with Crippen molar-refractivity contribution in [3.8, 4) is 5.75 Å². The molecule has 0 radical (unpaired) electrons. The van der Waals surface area contributed by atoms with Crippen LogP contribution in [-0.4, -0.2) is 37.6 Å². The molecule has 20 heavy (non-hydrogen) atoms. The zero-order valence-electron chi connectivity index (χ0n) is 12.7. The first-order chi connectivity index (χ1) is 9.61. The van der Waals surface area contributed by atoms with Crippen LogP contribution >= 0.6 is 0 Å². The summed E-state index contributed by atoms with van der Waals surface area (Å²) in [7, 11) is 3.72. The van der Waals surface area contributed by atoms with Crippen LogP contribution in [0.1, 0.15) is 37.7 Å². The van der Waals surface area contributed by atoms with Crippen molar-refractivity contribution in [2.24, 2.45) is 10.7 Å². The number of nitrogens with zero attached hydrogens (tertiary/aromatic N) is 2. The topological polar surface area (TPSA) is 50.9 Å². The molecule has 2 N–H and O–H groups in total. The molecular formula is C16H25N3O. The van der Waals surface area contributed by atoms with Gasteiger partial charge < -0.3 is 15.4 Å². The Kier molecular flexibility index (Phi) is 4.88. The lowest BCUT2D eigenvalue weighted by Gasteiger charge is -2.17. The van der Waals surface area contributed by atoms with Crippen LogP contribution in [-0.2, 0) is 0 Å². The summed E-state index contributed by atoms with van der Waals surface area (Å²) in [6, 6.07) is 8.87. The Labute approximate surface area is 121 Å². The predicted molar refractivity (Wildman–Crippen MR) is 83.3 cm³/mol. The molecule has 0 aromatic heterocycles. The highest BCUT2D eigenvalue weighted by molar-refractivity contribution is 5.78. The van der Waals surface area contributed by atoms with Crippen molar-refractivity contribution in [3.05, 3.63) is 29.8 Å². The third-order valence-electron chi connectivity index (χ3n) is 3.98. The third-order valence-corrected chi connectivity index (χ3v) is 3.98. The van der Waals surface area contributed by atoms with Crippen LogP contribution in [0.2, 0.25) is 0 Å². The number of rotatable bonds is 6. The fraction of sp³-hybridized carbons (Fsp3) is 0.562. The highest BCUT2D eigenvalue weighted by atomic mass is 16.5. The van der Waals surface area contributed by atoms with Crippen LogP contribution in [0.25, 0.3) is 0 Å². The molecule has 0 amide bonds. The Balaban J connectivity index is 1.81. The molecular weight excluding hydrogens is 250 g/mol. The summed E-state index contributed by atoms with van der Waals surface area (Å²) in [4.78, 5) is 6.58. The van der Waals surface area contributed by atoms with E-state index in [-0.39, 0.29) is 0 Å². The van der Waals surface area contributed by atoms with E-state index in [9.17, 15) is 0 Å². The quantitative estimate of drug-likeness (QED) is 0.641. The van der Waals surface area contributed by atoms with Crippen molar-refractivity contribution in [1.82, 2.24) is 4.90 Å². The van der Waals surface area contributed by atoms with E-state index in [4.69, 9.17) is 10.5 Å². The molecule has 0 saturated heterocycles. The predicted octanol–water partition coefficient (Wildman–Crippen LogP) is 2.60. The largest absolute Gasteiger partial charge is 0.497 e. The van der Waals surface area contributed by atoms with Gasteiger partial charge in [-0.25, -0.2) is 0 Å². The minimum absolute atomic E-state index is 0.476. The number of methoxy groups -OCH3 is 1. The van der Waals surface area contributed by atoms with Gasteiger partial charge in [-0.15, -0.1) is 0 Å². The Bertz CT molecular complexity index is 451. The van der Waals surface area contributed by atoms with Gasteiger partial charge in [0.1, 0.15) is 5.75 Å². The Morgan fingerprint density at radius 3 is 2.60 bits per heavy atom. The normalized spacial score (nSPS) is 16.9. The molecule has 1 saturated carbocycles. The van der Waals surface area contributed by atoms with E-state index in [0.29, 0.717) is 17.9 Å². The van der Waals surface area contributed by atoms with Crippen molar-refractivity contribution in [2.75, 3.05) is 20.7 Å². The van der Waals surface area contributed by atoms with Gasteiger partial charge in [0.25, 0.3) is 0 Å². The Morgan fingerprint density at radius 1 is 1.40 bits per heavy atom. The number of nitrogens with two attached hydrogens (primary N) is 1. The number of hydrogen-bond acceptors (Lipinski definition) is 2. The van der Waals surface area contributed by atoms with Crippen LogP contribution in [0, 0.1) is 0 Å². The molecule has 1 fully saturated rings. The lowest BCUT2D eigenvalue weighted by atomic mass is 9.98. The molecule has 2 rings (SSSR count). The highest BCUT2D eigenvalue weighted by Gasteiger charge is 2.27. The van der Waals surface area contributed by atoms with Crippen LogP contribution in [0.4, 0.5) is 0 Å². The van der Waals surface area contributed by atoms with Gasteiger partial charge in [0.2, 0.25) is 0 Å². The molecule has 1 unspecified atom stereocenters. The minimum Gasteiger partial charge on any atom is -0.497 e. The van der Waals surface area contributed by atoms with E-state index in [1.165, 1.54) is 18.4 Å². The maximum atomic E-state index is 5.98. The Morgan fingerprint density at radius 2 is 2.05 bits per heavy atom. The van der Waals surface area contributed by atoms with E-state index >= 15 is 0 Å². The average molecular weight is 275 g/mol. The van der Waals surface area contributed by atoms with Crippen LogP contribution < -0.4 is 10.5 Å². The average Bonchev–Trinajstić information content (AvgIpc) is 3.31. The first-order valence-corrected chi connectivity index (χ1v) is 7.28. The molecule has 1 aromatic rings. The second-order valence-electron chi connectivity index (χ2n) is 5.54. The fourth-order valence-electron chi connectivity index (χ4n) is 2.23. The van der Waals surface area contributed by atoms with E-state index in [1.807, 2.05) is 19.2 Å². The number of guanidine groups is 1. The second-order valence-corrected chi connectivity index (χ2v) is 5.54. The van der Waals surface area contributed by atoms with Gasteiger partial charge in [-0.3, -0.25) is 4.99 Å². The zero-order chi connectivity index (χ0) is 14.5. The zero-order valence-corrected chi connectivity index (χ0v) is 12.7. The van der Waals surface area contributed by atoms with Gasteiger partial charge in [-0.1, -0.05) is 19.1 Å². The highest BCUT2D eigenvalue weighted by Crippen LogP contribution is 2.25. The minimum atomic E-state index is 0.476. The summed E-state index contributed by atoms with van der Waals surface area (Å²) in [5.41, 5.74) is 7.30. The molecule has 0 spiro atoms. The molecule has 0 aliphatic heterocycles. The van der Waals surface area contributed by atoms with Gasteiger partial charge in [-0.2, -0.15) is 0 Å².